The van der Waals surface area contributed by atoms with Crippen molar-refractivity contribution in [3.8, 4) is 5.75 Å². The summed E-state index contributed by atoms with van der Waals surface area (Å²) in [4.78, 5) is 12.3. The molecule has 1 aromatic carbocycles. The zero-order chi connectivity index (χ0) is 14.5. The maximum absolute atomic E-state index is 12.3. The summed E-state index contributed by atoms with van der Waals surface area (Å²) in [6.45, 7) is 2.00. The fourth-order valence-electron chi connectivity index (χ4n) is 2.71. The number of benzene rings is 1. The van der Waals surface area contributed by atoms with E-state index in [4.69, 9.17) is 10.5 Å². The van der Waals surface area contributed by atoms with Crippen molar-refractivity contribution in [1.82, 2.24) is 5.32 Å². The molecule has 3 N–H and O–H groups in total. The highest BCUT2D eigenvalue weighted by Gasteiger charge is 2.25. The van der Waals surface area contributed by atoms with Crippen LogP contribution in [-0.2, 0) is 4.79 Å². The normalized spacial score (nSPS) is 23.9. The molecule has 0 unspecified atom stereocenters. The molecule has 0 saturated heterocycles. The first-order valence-corrected chi connectivity index (χ1v) is 7.30. The first kappa shape index (κ1) is 14.9. The molecule has 1 atom stereocenters. The first-order valence-electron chi connectivity index (χ1n) is 7.30. The van der Waals surface area contributed by atoms with Gasteiger partial charge in [0.15, 0.2) is 0 Å². The van der Waals surface area contributed by atoms with Gasteiger partial charge in [-0.05, 0) is 50.3 Å². The molecular formula is C16H24N2O2. The lowest BCUT2D eigenvalue weighted by atomic mass is 9.85. The van der Waals surface area contributed by atoms with Gasteiger partial charge in [0.25, 0.3) is 0 Å². The van der Waals surface area contributed by atoms with Gasteiger partial charge >= 0.3 is 0 Å². The summed E-state index contributed by atoms with van der Waals surface area (Å²) < 4.78 is 5.21. The molecule has 1 saturated carbocycles. The third-order valence-electron chi connectivity index (χ3n) is 4.10. The smallest absolute Gasteiger partial charge is 0.223 e. The Labute approximate surface area is 120 Å². The van der Waals surface area contributed by atoms with Gasteiger partial charge in [-0.25, -0.2) is 0 Å². The lowest BCUT2D eigenvalue weighted by molar-refractivity contribution is -0.126. The van der Waals surface area contributed by atoms with Crippen molar-refractivity contribution < 1.29 is 9.53 Å². The second-order valence-electron chi connectivity index (χ2n) is 5.62. The standard InChI is InChI=1S/C16H24N2O2/c1-11(13-4-3-5-15(10-13)20-2)18-16(19)12-6-8-14(17)9-7-12/h3-5,10-12,14H,6-9,17H2,1-2H3,(H,18,19)/t11-,12?,14?/m1/s1. The lowest BCUT2D eigenvalue weighted by Crippen LogP contribution is -2.37. The van der Waals surface area contributed by atoms with Gasteiger partial charge < -0.3 is 15.8 Å². The van der Waals surface area contributed by atoms with Crippen molar-refractivity contribution in [1.29, 1.82) is 0 Å². The highest BCUT2D eigenvalue weighted by atomic mass is 16.5. The van der Waals surface area contributed by atoms with Crippen molar-refractivity contribution in [2.24, 2.45) is 11.7 Å². The van der Waals surface area contributed by atoms with E-state index in [1.807, 2.05) is 31.2 Å². The average molecular weight is 276 g/mol. The minimum absolute atomic E-state index is 0.00630. The Hall–Kier alpha value is -1.55. The van der Waals surface area contributed by atoms with E-state index in [0.717, 1.165) is 37.0 Å². The highest BCUT2D eigenvalue weighted by molar-refractivity contribution is 5.79. The number of nitrogens with two attached hydrogens (primary N) is 1. The Morgan fingerprint density at radius 3 is 2.70 bits per heavy atom. The van der Waals surface area contributed by atoms with Gasteiger partial charge in [-0.2, -0.15) is 0 Å². The van der Waals surface area contributed by atoms with Crippen molar-refractivity contribution in [3.63, 3.8) is 0 Å². The molecule has 20 heavy (non-hydrogen) atoms. The highest BCUT2D eigenvalue weighted by Crippen LogP contribution is 2.25. The number of ether oxygens (including phenoxy) is 1. The maximum Gasteiger partial charge on any atom is 0.223 e. The summed E-state index contributed by atoms with van der Waals surface area (Å²) in [5, 5.41) is 3.10. The predicted octanol–water partition coefficient (Wildman–Crippen LogP) is 2.39. The number of rotatable bonds is 4. The summed E-state index contributed by atoms with van der Waals surface area (Å²) in [5.74, 6) is 1.07. The summed E-state index contributed by atoms with van der Waals surface area (Å²) in [6.07, 6.45) is 3.70. The monoisotopic (exact) mass is 276 g/mol. The molecule has 1 amide bonds. The number of amides is 1. The Kier molecular flexibility index (Phi) is 5.01. The average Bonchev–Trinajstić information content (AvgIpc) is 2.47. The fraction of sp³-hybridized carbons (Fsp3) is 0.562. The number of carbonyl (C=O) groups excluding carboxylic acids is 1. The van der Waals surface area contributed by atoms with Gasteiger partial charge in [-0.3, -0.25) is 4.79 Å². The quantitative estimate of drug-likeness (QED) is 0.887. The van der Waals surface area contributed by atoms with Crippen LogP contribution in [0.25, 0.3) is 0 Å². The molecule has 1 aliphatic rings. The van der Waals surface area contributed by atoms with Crippen LogP contribution in [0.1, 0.15) is 44.2 Å². The van der Waals surface area contributed by atoms with Crippen LogP contribution in [0, 0.1) is 5.92 Å². The molecule has 0 aliphatic heterocycles. The molecule has 0 heterocycles. The summed E-state index contributed by atoms with van der Waals surface area (Å²) in [5.41, 5.74) is 6.94. The number of nitrogens with one attached hydrogen (secondary N) is 1. The van der Waals surface area contributed by atoms with Crippen LogP contribution in [0.3, 0.4) is 0 Å². The molecule has 0 radical (unpaired) electrons. The molecule has 1 aliphatic carbocycles. The fourth-order valence-corrected chi connectivity index (χ4v) is 2.71. The van der Waals surface area contributed by atoms with E-state index in [9.17, 15) is 4.79 Å². The summed E-state index contributed by atoms with van der Waals surface area (Å²) >= 11 is 0. The molecule has 2 rings (SSSR count). The number of hydrogen-bond acceptors (Lipinski definition) is 3. The molecule has 0 aromatic heterocycles. The van der Waals surface area contributed by atoms with Crippen molar-refractivity contribution in [3.05, 3.63) is 29.8 Å². The predicted molar refractivity (Wildman–Crippen MR) is 79.5 cm³/mol. The Morgan fingerprint density at radius 2 is 2.05 bits per heavy atom. The molecule has 110 valence electrons. The topological polar surface area (TPSA) is 64.3 Å². The number of hydrogen-bond donors (Lipinski definition) is 2. The van der Waals surface area contributed by atoms with E-state index >= 15 is 0 Å². The SMILES string of the molecule is COc1cccc([C@@H](C)NC(=O)C2CCC(N)CC2)c1. The van der Waals surface area contributed by atoms with Gasteiger partial charge in [0.2, 0.25) is 5.91 Å². The van der Waals surface area contributed by atoms with Crippen LogP contribution < -0.4 is 15.8 Å². The Balaban J connectivity index is 1.93. The van der Waals surface area contributed by atoms with Crippen LogP contribution in [0.5, 0.6) is 5.75 Å². The zero-order valence-corrected chi connectivity index (χ0v) is 12.3. The van der Waals surface area contributed by atoms with E-state index in [0.29, 0.717) is 0 Å². The molecule has 1 fully saturated rings. The third kappa shape index (κ3) is 3.73. The lowest BCUT2D eigenvalue weighted by Gasteiger charge is -2.26. The molecule has 4 heteroatoms. The number of carbonyl (C=O) groups is 1. The largest absolute Gasteiger partial charge is 0.497 e. The van der Waals surface area contributed by atoms with Crippen molar-refractivity contribution >= 4 is 5.91 Å². The Bertz CT molecular complexity index is 454. The van der Waals surface area contributed by atoms with Gasteiger partial charge in [-0.15, -0.1) is 0 Å². The van der Waals surface area contributed by atoms with Gasteiger partial charge in [0.1, 0.15) is 5.75 Å². The van der Waals surface area contributed by atoms with Gasteiger partial charge in [-0.1, -0.05) is 12.1 Å². The summed E-state index contributed by atoms with van der Waals surface area (Å²) in [6, 6.07) is 8.08. The second-order valence-corrected chi connectivity index (χ2v) is 5.62. The number of methoxy groups -OCH3 is 1. The van der Waals surface area contributed by atoms with E-state index in [2.05, 4.69) is 5.32 Å². The third-order valence-corrected chi connectivity index (χ3v) is 4.10. The summed E-state index contributed by atoms with van der Waals surface area (Å²) in [7, 11) is 1.65. The molecule has 4 nitrogen and oxygen atoms in total. The van der Waals surface area contributed by atoms with Crippen LogP contribution in [0.2, 0.25) is 0 Å². The Morgan fingerprint density at radius 1 is 1.35 bits per heavy atom. The van der Waals surface area contributed by atoms with Gasteiger partial charge in [0, 0.05) is 12.0 Å². The van der Waals surface area contributed by atoms with Crippen LogP contribution >= 0.6 is 0 Å². The van der Waals surface area contributed by atoms with Crippen LogP contribution in [0.15, 0.2) is 24.3 Å². The molecular weight excluding hydrogens is 252 g/mol. The van der Waals surface area contributed by atoms with Gasteiger partial charge in [0.05, 0.1) is 13.2 Å². The first-order chi connectivity index (χ1) is 9.60. The van der Waals surface area contributed by atoms with E-state index in [-0.39, 0.29) is 23.9 Å². The second kappa shape index (κ2) is 6.75. The molecule has 0 spiro atoms. The maximum atomic E-state index is 12.3. The zero-order valence-electron chi connectivity index (χ0n) is 12.3. The minimum atomic E-state index is -0.00630. The van der Waals surface area contributed by atoms with Crippen LogP contribution in [0.4, 0.5) is 0 Å². The minimum Gasteiger partial charge on any atom is -0.497 e. The van der Waals surface area contributed by atoms with Crippen molar-refractivity contribution in [2.45, 2.75) is 44.7 Å². The van der Waals surface area contributed by atoms with E-state index in [1.165, 1.54) is 0 Å². The van der Waals surface area contributed by atoms with Crippen molar-refractivity contribution in [2.75, 3.05) is 7.11 Å². The van der Waals surface area contributed by atoms with E-state index in [1.54, 1.807) is 7.11 Å². The van der Waals surface area contributed by atoms with Crippen LogP contribution in [-0.4, -0.2) is 19.1 Å². The van der Waals surface area contributed by atoms with E-state index < -0.39 is 0 Å². The molecule has 0 bridgehead atoms. The molecule has 1 aromatic rings.